The number of likely N-dealkylation sites (tertiary alicyclic amines) is 1. The van der Waals surface area contributed by atoms with Gasteiger partial charge in [0.1, 0.15) is 5.75 Å². The minimum atomic E-state index is -0.0158. The molecule has 1 aromatic carbocycles. The van der Waals surface area contributed by atoms with Crippen LogP contribution in [0, 0.1) is 0 Å². The summed E-state index contributed by atoms with van der Waals surface area (Å²) in [5.74, 6) is 0.750. The molecule has 0 bridgehead atoms. The topological polar surface area (TPSA) is 71.5 Å². The van der Waals surface area contributed by atoms with Crippen LogP contribution in [-0.4, -0.2) is 47.4 Å². The number of nitrogens with one attached hydrogen (secondary N) is 1. The average molecular weight is 353 g/mol. The SMILES string of the molecule is O=C(CCOc1ccccc1)NC1CCN(C(=O)c2cccnc2)CC1. The predicted molar refractivity (Wildman–Crippen MR) is 97.9 cm³/mol. The van der Waals surface area contributed by atoms with Crippen molar-refractivity contribution in [3.63, 3.8) is 0 Å². The molecule has 1 aliphatic rings. The third kappa shape index (κ3) is 5.05. The molecule has 6 nitrogen and oxygen atoms in total. The van der Waals surface area contributed by atoms with Crippen LogP contribution in [0.3, 0.4) is 0 Å². The molecule has 0 atom stereocenters. The molecule has 1 aliphatic heterocycles. The van der Waals surface area contributed by atoms with Crippen LogP contribution < -0.4 is 10.1 Å². The Labute approximate surface area is 153 Å². The van der Waals surface area contributed by atoms with Crippen molar-refractivity contribution in [1.82, 2.24) is 15.2 Å². The minimum Gasteiger partial charge on any atom is -0.493 e. The number of para-hydroxylation sites is 1. The van der Waals surface area contributed by atoms with Crippen molar-refractivity contribution in [2.45, 2.75) is 25.3 Å². The van der Waals surface area contributed by atoms with E-state index in [1.54, 1.807) is 24.5 Å². The van der Waals surface area contributed by atoms with Crippen LogP contribution in [0.25, 0.3) is 0 Å². The van der Waals surface area contributed by atoms with Gasteiger partial charge in [0.25, 0.3) is 5.91 Å². The fourth-order valence-electron chi connectivity index (χ4n) is 2.98. The van der Waals surface area contributed by atoms with Gasteiger partial charge in [-0.05, 0) is 37.1 Å². The Kier molecular flexibility index (Phi) is 6.19. The van der Waals surface area contributed by atoms with Crippen LogP contribution in [0.15, 0.2) is 54.9 Å². The second-order valence-corrected chi connectivity index (χ2v) is 6.29. The van der Waals surface area contributed by atoms with Gasteiger partial charge in [0.2, 0.25) is 5.91 Å². The molecule has 1 saturated heterocycles. The third-order valence-electron chi connectivity index (χ3n) is 4.40. The van der Waals surface area contributed by atoms with E-state index >= 15 is 0 Å². The summed E-state index contributed by atoms with van der Waals surface area (Å²) in [5.41, 5.74) is 0.605. The van der Waals surface area contributed by atoms with Crippen LogP contribution >= 0.6 is 0 Å². The Bertz CT molecular complexity index is 714. The van der Waals surface area contributed by atoms with Crippen LogP contribution in [-0.2, 0) is 4.79 Å². The number of nitrogens with zero attached hydrogens (tertiary/aromatic N) is 2. The number of amides is 2. The smallest absolute Gasteiger partial charge is 0.255 e. The summed E-state index contributed by atoms with van der Waals surface area (Å²) in [4.78, 5) is 30.3. The number of pyridine rings is 1. The Morgan fingerprint density at radius 3 is 2.58 bits per heavy atom. The number of hydrogen-bond acceptors (Lipinski definition) is 4. The molecule has 0 saturated carbocycles. The van der Waals surface area contributed by atoms with Crippen molar-refractivity contribution in [3.05, 3.63) is 60.4 Å². The summed E-state index contributed by atoms with van der Waals surface area (Å²) in [6.45, 7) is 1.63. The highest BCUT2D eigenvalue weighted by Crippen LogP contribution is 2.14. The number of benzene rings is 1. The number of aromatic nitrogens is 1. The highest BCUT2D eigenvalue weighted by Gasteiger charge is 2.24. The molecular formula is C20H23N3O3. The maximum absolute atomic E-state index is 12.4. The van der Waals surface area contributed by atoms with Gasteiger partial charge >= 0.3 is 0 Å². The number of rotatable bonds is 6. The van der Waals surface area contributed by atoms with E-state index in [0.29, 0.717) is 31.7 Å². The molecule has 1 N–H and O–H groups in total. The highest BCUT2D eigenvalue weighted by atomic mass is 16.5. The quantitative estimate of drug-likeness (QED) is 0.865. The maximum atomic E-state index is 12.4. The van der Waals surface area contributed by atoms with Gasteiger partial charge in [-0.15, -0.1) is 0 Å². The van der Waals surface area contributed by atoms with Crippen LogP contribution in [0.2, 0.25) is 0 Å². The normalized spacial score (nSPS) is 14.7. The second-order valence-electron chi connectivity index (χ2n) is 6.29. The minimum absolute atomic E-state index is 0.000798. The van der Waals surface area contributed by atoms with Gasteiger partial charge in [0.05, 0.1) is 18.6 Å². The van der Waals surface area contributed by atoms with E-state index in [9.17, 15) is 9.59 Å². The number of carbonyl (C=O) groups is 2. The molecule has 136 valence electrons. The molecule has 1 aromatic heterocycles. The maximum Gasteiger partial charge on any atom is 0.255 e. The van der Waals surface area contributed by atoms with Crippen LogP contribution in [0.1, 0.15) is 29.6 Å². The van der Waals surface area contributed by atoms with E-state index in [4.69, 9.17) is 4.74 Å². The Hall–Kier alpha value is -2.89. The van der Waals surface area contributed by atoms with E-state index in [1.165, 1.54) is 0 Å². The first-order valence-electron chi connectivity index (χ1n) is 8.89. The first-order chi connectivity index (χ1) is 12.7. The standard InChI is InChI=1S/C20H23N3O3/c24-19(10-14-26-18-6-2-1-3-7-18)22-17-8-12-23(13-9-17)20(25)16-5-4-11-21-15-16/h1-7,11,15,17H,8-10,12-14H2,(H,22,24). The van der Waals surface area contributed by atoms with Crippen molar-refractivity contribution < 1.29 is 14.3 Å². The molecule has 26 heavy (non-hydrogen) atoms. The summed E-state index contributed by atoms with van der Waals surface area (Å²) in [6.07, 6.45) is 5.08. The first-order valence-corrected chi connectivity index (χ1v) is 8.89. The lowest BCUT2D eigenvalue weighted by atomic mass is 10.0. The molecule has 0 spiro atoms. The fourth-order valence-corrected chi connectivity index (χ4v) is 2.98. The molecule has 6 heteroatoms. The average Bonchev–Trinajstić information content (AvgIpc) is 2.69. The Morgan fingerprint density at radius 1 is 1.12 bits per heavy atom. The third-order valence-corrected chi connectivity index (χ3v) is 4.40. The Balaban J connectivity index is 1.37. The van der Waals surface area contributed by atoms with Gasteiger partial charge in [0.15, 0.2) is 0 Å². The lowest BCUT2D eigenvalue weighted by Crippen LogP contribution is -2.46. The number of carbonyl (C=O) groups excluding carboxylic acids is 2. The molecular weight excluding hydrogens is 330 g/mol. The summed E-state index contributed by atoms with van der Waals surface area (Å²) < 4.78 is 5.54. The molecule has 0 unspecified atom stereocenters. The van der Waals surface area contributed by atoms with E-state index in [0.717, 1.165) is 18.6 Å². The largest absolute Gasteiger partial charge is 0.493 e. The van der Waals surface area contributed by atoms with Crippen molar-refractivity contribution in [2.24, 2.45) is 0 Å². The van der Waals surface area contributed by atoms with Crippen molar-refractivity contribution in [1.29, 1.82) is 0 Å². The highest BCUT2D eigenvalue weighted by molar-refractivity contribution is 5.93. The van der Waals surface area contributed by atoms with Crippen molar-refractivity contribution in [2.75, 3.05) is 19.7 Å². The molecule has 1 fully saturated rings. The van der Waals surface area contributed by atoms with E-state index in [1.807, 2.05) is 35.2 Å². The molecule has 2 heterocycles. The van der Waals surface area contributed by atoms with E-state index < -0.39 is 0 Å². The summed E-state index contributed by atoms with van der Waals surface area (Å²) in [7, 11) is 0. The zero-order valence-electron chi connectivity index (χ0n) is 14.6. The van der Waals surface area contributed by atoms with Gasteiger partial charge in [-0.2, -0.15) is 0 Å². The fraction of sp³-hybridized carbons (Fsp3) is 0.350. The predicted octanol–water partition coefficient (Wildman–Crippen LogP) is 2.27. The molecule has 0 aliphatic carbocycles. The van der Waals surface area contributed by atoms with E-state index in [2.05, 4.69) is 10.3 Å². The monoisotopic (exact) mass is 353 g/mol. The summed E-state index contributed by atoms with van der Waals surface area (Å²) in [5, 5.41) is 3.04. The van der Waals surface area contributed by atoms with Gasteiger partial charge in [-0.25, -0.2) is 0 Å². The van der Waals surface area contributed by atoms with Crippen LogP contribution in [0.4, 0.5) is 0 Å². The van der Waals surface area contributed by atoms with Crippen LogP contribution in [0.5, 0.6) is 5.75 Å². The lowest BCUT2D eigenvalue weighted by molar-refractivity contribution is -0.122. The first kappa shape index (κ1) is 17.9. The van der Waals surface area contributed by atoms with Crippen molar-refractivity contribution in [3.8, 4) is 5.75 Å². The van der Waals surface area contributed by atoms with Gasteiger partial charge in [-0.1, -0.05) is 18.2 Å². The molecule has 3 rings (SSSR count). The van der Waals surface area contributed by atoms with Gasteiger partial charge < -0.3 is 15.0 Å². The molecule has 2 aromatic rings. The molecule has 0 radical (unpaired) electrons. The van der Waals surface area contributed by atoms with Gasteiger partial charge in [-0.3, -0.25) is 14.6 Å². The zero-order valence-corrected chi connectivity index (χ0v) is 14.6. The Morgan fingerprint density at radius 2 is 1.88 bits per heavy atom. The summed E-state index contributed by atoms with van der Waals surface area (Å²) in [6, 6.07) is 13.1. The number of hydrogen-bond donors (Lipinski definition) is 1. The van der Waals surface area contributed by atoms with Crippen molar-refractivity contribution >= 4 is 11.8 Å². The molecule has 2 amide bonds. The summed E-state index contributed by atoms with van der Waals surface area (Å²) >= 11 is 0. The van der Waals surface area contributed by atoms with Gasteiger partial charge in [0, 0.05) is 31.5 Å². The zero-order chi connectivity index (χ0) is 18.2. The number of piperidine rings is 1. The number of ether oxygens (including phenoxy) is 1. The second kappa shape index (κ2) is 8.99. The lowest BCUT2D eigenvalue weighted by Gasteiger charge is -2.32. The van der Waals surface area contributed by atoms with E-state index in [-0.39, 0.29) is 17.9 Å².